The van der Waals surface area contributed by atoms with Crippen molar-refractivity contribution in [2.24, 2.45) is 0 Å². The third kappa shape index (κ3) is 1.91. The van der Waals surface area contributed by atoms with Gasteiger partial charge in [0.2, 0.25) is 0 Å². The quantitative estimate of drug-likeness (QED) is 0.719. The molecule has 1 aromatic carbocycles. The fraction of sp³-hybridized carbons (Fsp3) is 0.125. The van der Waals surface area contributed by atoms with Crippen LogP contribution in [0.4, 0.5) is 0 Å². The van der Waals surface area contributed by atoms with Crippen molar-refractivity contribution in [3.8, 4) is 0 Å². The summed E-state index contributed by atoms with van der Waals surface area (Å²) in [6, 6.07) is 5.51. The zero-order valence-corrected chi connectivity index (χ0v) is 9.07. The number of hydrogen-bond acceptors (Lipinski definition) is 1. The summed E-state index contributed by atoms with van der Waals surface area (Å²) in [5, 5.41) is 0. The zero-order valence-electron chi connectivity index (χ0n) is 5.90. The van der Waals surface area contributed by atoms with E-state index in [1.807, 2.05) is 12.1 Å². The predicted molar refractivity (Wildman–Crippen MR) is 51.8 cm³/mol. The fourth-order valence-electron chi connectivity index (χ4n) is 0.776. The van der Waals surface area contributed by atoms with Crippen molar-refractivity contribution in [1.29, 1.82) is 0 Å². The third-order valence-corrected chi connectivity index (χ3v) is 3.38. The molecule has 0 heterocycles. The summed E-state index contributed by atoms with van der Waals surface area (Å²) in [5.74, 6) is 0.0678. The summed E-state index contributed by atoms with van der Waals surface area (Å²) in [5.41, 5.74) is 0.708. The van der Waals surface area contributed by atoms with Gasteiger partial charge < -0.3 is 0 Å². The van der Waals surface area contributed by atoms with Gasteiger partial charge >= 0.3 is 0 Å². The van der Waals surface area contributed by atoms with Crippen LogP contribution in [0.2, 0.25) is 0 Å². The molecular weight excluding hydrogens is 272 g/mol. The smallest absolute Gasteiger partial charge is 0.160 e. The van der Waals surface area contributed by atoms with Gasteiger partial charge in [0.15, 0.2) is 5.78 Å². The van der Waals surface area contributed by atoms with Crippen LogP contribution in [0, 0.1) is 0 Å². The third-order valence-electron chi connectivity index (χ3n) is 1.33. The van der Waals surface area contributed by atoms with Crippen molar-refractivity contribution in [3.05, 3.63) is 32.7 Å². The Balaban J connectivity index is 3.27. The van der Waals surface area contributed by atoms with Crippen LogP contribution in [0.3, 0.4) is 0 Å². The lowest BCUT2D eigenvalue weighted by Gasteiger charge is -2.00. The normalized spacial score (nSPS) is 9.73. The van der Waals surface area contributed by atoms with E-state index in [0.717, 1.165) is 8.95 Å². The summed E-state index contributed by atoms with van der Waals surface area (Å²) in [4.78, 5) is 11.0. The van der Waals surface area contributed by atoms with E-state index in [1.54, 1.807) is 13.0 Å². The molecule has 1 aromatic rings. The Labute approximate surface area is 82.1 Å². The number of ketones is 1. The zero-order chi connectivity index (χ0) is 8.43. The Morgan fingerprint density at radius 2 is 2.00 bits per heavy atom. The topological polar surface area (TPSA) is 17.1 Å². The maximum Gasteiger partial charge on any atom is 0.160 e. The van der Waals surface area contributed by atoms with Gasteiger partial charge in [0.1, 0.15) is 0 Å². The molecule has 1 nitrogen and oxygen atoms in total. The molecule has 1 rings (SSSR count). The van der Waals surface area contributed by atoms with Gasteiger partial charge in [-0.15, -0.1) is 0 Å². The molecule has 0 fully saturated rings. The summed E-state index contributed by atoms with van der Waals surface area (Å²) in [6.45, 7) is 1.55. The molecule has 0 aliphatic heterocycles. The Kier molecular flexibility index (Phi) is 2.84. The average Bonchev–Trinajstić information content (AvgIpc) is 1.94. The van der Waals surface area contributed by atoms with Crippen molar-refractivity contribution in [1.82, 2.24) is 0 Å². The molecule has 11 heavy (non-hydrogen) atoms. The molecule has 0 spiro atoms. The number of carbonyl (C=O) groups excluding carboxylic acids is 1. The van der Waals surface area contributed by atoms with Gasteiger partial charge in [-0.3, -0.25) is 4.79 Å². The first-order valence-electron chi connectivity index (χ1n) is 3.08. The minimum absolute atomic E-state index is 0.0678. The van der Waals surface area contributed by atoms with Crippen LogP contribution in [-0.4, -0.2) is 5.78 Å². The summed E-state index contributed by atoms with van der Waals surface area (Å²) < 4.78 is 1.73. The first-order valence-corrected chi connectivity index (χ1v) is 4.66. The number of hydrogen-bond donors (Lipinski definition) is 0. The van der Waals surface area contributed by atoms with Gasteiger partial charge in [-0.2, -0.15) is 0 Å². The van der Waals surface area contributed by atoms with E-state index >= 15 is 0 Å². The van der Waals surface area contributed by atoms with Crippen LogP contribution < -0.4 is 0 Å². The van der Waals surface area contributed by atoms with Crippen molar-refractivity contribution in [3.63, 3.8) is 0 Å². The molecule has 0 atom stereocenters. The first-order chi connectivity index (χ1) is 5.13. The standard InChI is InChI=1S/C8H6Br2O/c1-5(11)6-3-2-4-7(9)8(6)10/h2-4H,1H3. The van der Waals surface area contributed by atoms with Crippen molar-refractivity contribution < 1.29 is 4.79 Å². The SMILES string of the molecule is CC(=O)c1cccc(Br)c1Br. The fourth-order valence-corrected chi connectivity index (χ4v) is 1.69. The minimum Gasteiger partial charge on any atom is -0.294 e. The van der Waals surface area contributed by atoms with Crippen molar-refractivity contribution in [2.45, 2.75) is 6.92 Å². The van der Waals surface area contributed by atoms with Crippen LogP contribution in [0.15, 0.2) is 27.1 Å². The number of benzene rings is 1. The van der Waals surface area contributed by atoms with Crippen LogP contribution in [0.5, 0.6) is 0 Å². The Bertz CT molecular complexity index is 294. The second-order valence-electron chi connectivity index (χ2n) is 2.16. The highest BCUT2D eigenvalue weighted by molar-refractivity contribution is 9.13. The van der Waals surface area contributed by atoms with Gasteiger partial charge in [0, 0.05) is 14.5 Å². The molecule has 0 saturated heterocycles. The molecule has 0 aliphatic rings. The molecule has 0 N–H and O–H groups in total. The molecule has 58 valence electrons. The highest BCUT2D eigenvalue weighted by Crippen LogP contribution is 2.26. The molecule has 0 aliphatic carbocycles. The van der Waals surface area contributed by atoms with Crippen LogP contribution in [-0.2, 0) is 0 Å². The summed E-state index contributed by atoms with van der Waals surface area (Å²) in [6.07, 6.45) is 0. The minimum atomic E-state index is 0.0678. The molecule has 0 bridgehead atoms. The summed E-state index contributed by atoms with van der Waals surface area (Å²) >= 11 is 6.63. The molecule has 0 saturated carbocycles. The van der Waals surface area contributed by atoms with Gasteiger partial charge in [0.25, 0.3) is 0 Å². The van der Waals surface area contributed by atoms with E-state index in [2.05, 4.69) is 31.9 Å². The van der Waals surface area contributed by atoms with E-state index in [0.29, 0.717) is 5.56 Å². The number of Topliss-reactive ketones (excluding diaryl/α,β-unsaturated/α-hetero) is 1. The maximum atomic E-state index is 11.0. The highest BCUT2D eigenvalue weighted by atomic mass is 79.9. The van der Waals surface area contributed by atoms with E-state index in [4.69, 9.17) is 0 Å². The number of halogens is 2. The second kappa shape index (κ2) is 3.50. The molecule has 0 radical (unpaired) electrons. The molecule has 0 amide bonds. The maximum absolute atomic E-state index is 11.0. The number of carbonyl (C=O) groups is 1. The number of rotatable bonds is 1. The van der Waals surface area contributed by atoms with Crippen molar-refractivity contribution >= 4 is 37.6 Å². The van der Waals surface area contributed by atoms with Crippen LogP contribution in [0.25, 0.3) is 0 Å². The largest absolute Gasteiger partial charge is 0.294 e. The molecular formula is C8H6Br2O. The van der Waals surface area contributed by atoms with Gasteiger partial charge in [0.05, 0.1) is 0 Å². The molecule has 0 aromatic heterocycles. The lowest BCUT2D eigenvalue weighted by Crippen LogP contribution is -1.92. The van der Waals surface area contributed by atoms with E-state index in [9.17, 15) is 4.79 Å². The molecule has 0 unspecified atom stereocenters. The van der Waals surface area contributed by atoms with E-state index < -0.39 is 0 Å². The Morgan fingerprint density at radius 1 is 1.36 bits per heavy atom. The van der Waals surface area contributed by atoms with Gasteiger partial charge in [-0.1, -0.05) is 12.1 Å². The lowest BCUT2D eigenvalue weighted by atomic mass is 10.2. The van der Waals surface area contributed by atoms with E-state index in [1.165, 1.54) is 0 Å². The lowest BCUT2D eigenvalue weighted by molar-refractivity contribution is 0.101. The van der Waals surface area contributed by atoms with Gasteiger partial charge in [-0.05, 0) is 44.8 Å². The van der Waals surface area contributed by atoms with Crippen LogP contribution >= 0.6 is 31.9 Å². The van der Waals surface area contributed by atoms with E-state index in [-0.39, 0.29) is 5.78 Å². The molecule has 3 heteroatoms. The summed E-state index contributed by atoms with van der Waals surface area (Å²) in [7, 11) is 0. The highest BCUT2D eigenvalue weighted by Gasteiger charge is 2.06. The second-order valence-corrected chi connectivity index (χ2v) is 3.80. The predicted octanol–water partition coefficient (Wildman–Crippen LogP) is 3.41. The first kappa shape index (κ1) is 8.94. The Morgan fingerprint density at radius 3 is 2.45 bits per heavy atom. The van der Waals surface area contributed by atoms with Gasteiger partial charge in [-0.25, -0.2) is 0 Å². The van der Waals surface area contributed by atoms with Crippen molar-refractivity contribution in [2.75, 3.05) is 0 Å². The monoisotopic (exact) mass is 276 g/mol. The Hall–Kier alpha value is -0.150. The van der Waals surface area contributed by atoms with Crippen LogP contribution in [0.1, 0.15) is 17.3 Å². The average molecular weight is 278 g/mol.